The molecule has 0 fully saturated rings. The Morgan fingerprint density at radius 2 is 1.70 bits per heavy atom. The summed E-state index contributed by atoms with van der Waals surface area (Å²) in [6, 6.07) is 17.8. The zero-order valence-corrected chi connectivity index (χ0v) is 21.6. The molecule has 0 unspecified atom stereocenters. The summed E-state index contributed by atoms with van der Waals surface area (Å²) in [5.41, 5.74) is 8.79. The first-order valence-electron chi connectivity index (χ1n) is 11.8. The van der Waals surface area contributed by atoms with Gasteiger partial charge < -0.3 is 15.7 Å². The standard InChI is InChI=1S/C15H16ClN.C9H12O.C5H13N/c1-2-17(14-8-4-3-5-9-14)15-10-6-7-13(16)11-12-15;1-7(2)8-4-3-5-9(10)6-8;1-5(2)3-4-6/h3-6,8-12H,2,7H2,1H3;3-7,10H,1-2H3;5H,3-4,6H2,1-2H3. The normalized spacial score (nSPS) is 12.6. The average molecular weight is 469 g/mol. The van der Waals surface area contributed by atoms with Crippen molar-refractivity contribution < 1.29 is 5.11 Å². The average Bonchev–Trinajstić information content (AvgIpc) is 3.00. The molecular formula is C29H41ClN2O. The molecule has 2 aromatic rings. The van der Waals surface area contributed by atoms with Gasteiger partial charge in [0.15, 0.2) is 0 Å². The number of hydrogen-bond acceptors (Lipinski definition) is 3. The molecule has 3 nitrogen and oxygen atoms in total. The molecule has 0 bridgehead atoms. The summed E-state index contributed by atoms with van der Waals surface area (Å²) in [5, 5.41) is 9.94. The van der Waals surface area contributed by atoms with Gasteiger partial charge in [-0.15, -0.1) is 0 Å². The van der Waals surface area contributed by atoms with Crippen molar-refractivity contribution in [3.63, 3.8) is 0 Å². The molecule has 3 N–H and O–H groups in total. The molecule has 0 aromatic heterocycles. The topological polar surface area (TPSA) is 49.5 Å². The second-order valence-corrected chi connectivity index (χ2v) is 9.10. The number of nitrogens with zero attached hydrogens (tertiary/aromatic N) is 1. The van der Waals surface area contributed by atoms with Gasteiger partial charge in [-0.25, -0.2) is 0 Å². The Labute approximate surface area is 206 Å². The molecule has 0 saturated carbocycles. The highest BCUT2D eigenvalue weighted by atomic mass is 35.5. The number of phenolic OH excluding ortho intramolecular Hbond substituents is 1. The van der Waals surface area contributed by atoms with E-state index in [2.05, 4.69) is 82.0 Å². The van der Waals surface area contributed by atoms with Crippen molar-refractivity contribution in [2.24, 2.45) is 11.7 Å². The summed E-state index contributed by atoms with van der Waals surface area (Å²) in [4.78, 5) is 2.27. The van der Waals surface area contributed by atoms with E-state index in [0.29, 0.717) is 11.7 Å². The predicted octanol–water partition coefficient (Wildman–Crippen LogP) is 7.99. The summed E-state index contributed by atoms with van der Waals surface area (Å²) in [6.45, 7) is 12.5. The summed E-state index contributed by atoms with van der Waals surface area (Å²) >= 11 is 6.03. The molecule has 0 atom stereocenters. The molecule has 1 aliphatic rings. The minimum atomic E-state index is 0.353. The van der Waals surface area contributed by atoms with E-state index >= 15 is 0 Å². The van der Waals surface area contributed by atoms with E-state index in [1.54, 1.807) is 12.1 Å². The molecule has 0 radical (unpaired) electrons. The lowest BCUT2D eigenvalue weighted by Crippen LogP contribution is -2.20. The van der Waals surface area contributed by atoms with Crippen LogP contribution in [0.1, 0.15) is 58.9 Å². The molecule has 3 rings (SSSR count). The predicted molar refractivity (Wildman–Crippen MR) is 146 cm³/mol. The second kappa shape index (κ2) is 16.2. The Morgan fingerprint density at radius 3 is 2.18 bits per heavy atom. The molecule has 33 heavy (non-hydrogen) atoms. The van der Waals surface area contributed by atoms with Crippen LogP contribution in [-0.4, -0.2) is 18.2 Å². The van der Waals surface area contributed by atoms with Gasteiger partial charge in [-0.3, -0.25) is 0 Å². The molecule has 0 saturated heterocycles. The van der Waals surface area contributed by atoms with E-state index in [-0.39, 0.29) is 0 Å². The number of phenols is 1. The van der Waals surface area contributed by atoms with Gasteiger partial charge in [-0.2, -0.15) is 0 Å². The van der Waals surface area contributed by atoms with E-state index in [0.717, 1.165) is 36.9 Å². The molecule has 0 spiro atoms. The monoisotopic (exact) mass is 468 g/mol. The number of allylic oxidation sites excluding steroid dienone is 5. The smallest absolute Gasteiger partial charge is 0.115 e. The van der Waals surface area contributed by atoms with Crippen LogP contribution >= 0.6 is 11.6 Å². The van der Waals surface area contributed by atoms with Crippen LogP contribution in [0, 0.1) is 5.92 Å². The largest absolute Gasteiger partial charge is 0.508 e. The molecular weight excluding hydrogens is 428 g/mol. The third-order valence-corrected chi connectivity index (χ3v) is 5.29. The van der Waals surface area contributed by atoms with Gasteiger partial charge in [0.1, 0.15) is 5.75 Å². The minimum absolute atomic E-state index is 0.353. The maximum Gasteiger partial charge on any atom is 0.115 e. The number of likely N-dealkylation sites (N-methyl/N-ethyl adjacent to an activating group) is 1. The quantitative estimate of drug-likeness (QED) is 0.451. The number of hydrogen-bond donors (Lipinski definition) is 2. The van der Waals surface area contributed by atoms with Crippen LogP contribution in [0.5, 0.6) is 5.75 Å². The number of aromatic hydroxyl groups is 1. The van der Waals surface area contributed by atoms with Crippen LogP contribution < -0.4 is 10.6 Å². The first kappa shape index (κ1) is 28.5. The Bertz CT molecular complexity index is 886. The van der Waals surface area contributed by atoms with Gasteiger partial charge in [-0.05, 0) is 79.8 Å². The van der Waals surface area contributed by atoms with E-state index in [9.17, 15) is 0 Å². The summed E-state index contributed by atoms with van der Waals surface area (Å²) in [6.07, 6.45) is 10.2. The van der Waals surface area contributed by atoms with E-state index in [4.69, 9.17) is 22.4 Å². The van der Waals surface area contributed by atoms with Crippen LogP contribution in [0.4, 0.5) is 5.69 Å². The zero-order chi connectivity index (χ0) is 24.6. The second-order valence-electron chi connectivity index (χ2n) is 8.61. The van der Waals surface area contributed by atoms with Gasteiger partial charge >= 0.3 is 0 Å². The number of benzene rings is 2. The van der Waals surface area contributed by atoms with Gasteiger partial charge in [0.25, 0.3) is 0 Å². The van der Waals surface area contributed by atoms with E-state index in [1.165, 1.54) is 16.9 Å². The number of rotatable bonds is 6. The van der Waals surface area contributed by atoms with Gasteiger partial charge in [-0.1, -0.05) is 75.7 Å². The first-order valence-corrected chi connectivity index (χ1v) is 12.2. The zero-order valence-electron chi connectivity index (χ0n) is 20.8. The minimum Gasteiger partial charge on any atom is -0.508 e. The Kier molecular flexibility index (Phi) is 14.0. The van der Waals surface area contributed by atoms with Crippen LogP contribution in [0.3, 0.4) is 0 Å². The van der Waals surface area contributed by atoms with Crippen LogP contribution in [0.2, 0.25) is 0 Å². The van der Waals surface area contributed by atoms with Gasteiger partial charge in [0.2, 0.25) is 0 Å². The van der Waals surface area contributed by atoms with Crippen molar-refractivity contribution in [3.8, 4) is 5.75 Å². The fraction of sp³-hybridized carbons (Fsp3) is 0.379. The van der Waals surface area contributed by atoms with Crippen molar-refractivity contribution in [1.82, 2.24) is 0 Å². The number of halogens is 1. The fourth-order valence-corrected chi connectivity index (χ4v) is 3.26. The highest BCUT2D eigenvalue weighted by Crippen LogP contribution is 2.22. The molecule has 0 aliphatic heterocycles. The lowest BCUT2D eigenvalue weighted by molar-refractivity contribution is 0.474. The van der Waals surface area contributed by atoms with E-state index in [1.807, 2.05) is 24.3 Å². The van der Waals surface area contributed by atoms with Crippen molar-refractivity contribution >= 4 is 17.3 Å². The molecule has 0 heterocycles. The van der Waals surface area contributed by atoms with Crippen LogP contribution in [0.15, 0.2) is 89.6 Å². The Hall–Kier alpha value is -2.49. The highest BCUT2D eigenvalue weighted by molar-refractivity contribution is 6.29. The number of nitrogens with two attached hydrogens (primary N) is 1. The third-order valence-electron chi connectivity index (χ3n) is 5.01. The maximum atomic E-state index is 9.06. The SMILES string of the molecule is CC(C)CCN.CC(C)c1cccc(O)c1.CCN(C1=CC=C(Cl)CC=C1)c1ccccc1. The number of anilines is 1. The van der Waals surface area contributed by atoms with Crippen LogP contribution in [-0.2, 0) is 0 Å². The fourth-order valence-electron chi connectivity index (χ4n) is 3.11. The molecule has 1 aliphatic carbocycles. The van der Waals surface area contributed by atoms with Gasteiger partial charge in [0, 0.05) is 29.4 Å². The van der Waals surface area contributed by atoms with E-state index < -0.39 is 0 Å². The first-order chi connectivity index (χ1) is 15.8. The Morgan fingerprint density at radius 1 is 1.00 bits per heavy atom. The third kappa shape index (κ3) is 11.8. The molecule has 2 aromatic carbocycles. The summed E-state index contributed by atoms with van der Waals surface area (Å²) < 4.78 is 0. The summed E-state index contributed by atoms with van der Waals surface area (Å²) in [5.74, 6) is 1.62. The van der Waals surface area contributed by atoms with Gasteiger partial charge in [0.05, 0.1) is 0 Å². The Balaban J connectivity index is 0.000000288. The lowest BCUT2D eigenvalue weighted by Gasteiger charge is -2.24. The van der Waals surface area contributed by atoms with Crippen LogP contribution in [0.25, 0.3) is 0 Å². The maximum absolute atomic E-state index is 9.06. The van der Waals surface area contributed by atoms with Crippen molar-refractivity contribution in [1.29, 1.82) is 0 Å². The van der Waals surface area contributed by atoms with Crippen molar-refractivity contribution in [2.45, 2.75) is 53.4 Å². The summed E-state index contributed by atoms with van der Waals surface area (Å²) in [7, 11) is 0. The molecule has 0 amide bonds. The lowest BCUT2D eigenvalue weighted by atomic mass is 10.0. The number of para-hydroxylation sites is 1. The van der Waals surface area contributed by atoms with Crippen molar-refractivity contribution in [3.05, 3.63) is 95.2 Å². The molecule has 4 heteroatoms. The highest BCUT2D eigenvalue weighted by Gasteiger charge is 2.08. The molecule has 180 valence electrons. The van der Waals surface area contributed by atoms with Crippen molar-refractivity contribution in [2.75, 3.05) is 18.0 Å².